The zero-order valence-corrected chi connectivity index (χ0v) is 23.9. The second kappa shape index (κ2) is 10.8. The van der Waals surface area contributed by atoms with Crippen LogP contribution in [0.15, 0.2) is 72.8 Å². The van der Waals surface area contributed by atoms with E-state index in [0.29, 0.717) is 60.7 Å². The summed E-state index contributed by atoms with van der Waals surface area (Å²) in [6, 6.07) is 27.3. The van der Waals surface area contributed by atoms with Crippen LogP contribution in [0.4, 0.5) is 13.2 Å². The van der Waals surface area contributed by atoms with Crippen LogP contribution in [0.2, 0.25) is 0 Å². The van der Waals surface area contributed by atoms with E-state index in [-0.39, 0.29) is 5.56 Å². The van der Waals surface area contributed by atoms with Gasteiger partial charge in [0.25, 0.3) is 0 Å². The maximum atomic E-state index is 15.4. The molecule has 0 aliphatic rings. The summed E-state index contributed by atoms with van der Waals surface area (Å²) in [7, 11) is 0. The molecule has 0 amide bonds. The molecule has 0 saturated carbocycles. The van der Waals surface area contributed by atoms with Crippen molar-refractivity contribution in [1.82, 2.24) is 13.7 Å². The molecule has 7 nitrogen and oxygen atoms in total. The Morgan fingerprint density at radius 1 is 0.587 bits per heavy atom. The molecule has 0 unspecified atom stereocenters. The van der Waals surface area contributed by atoms with E-state index in [1.165, 1.54) is 30.3 Å². The molecular formula is C35H12F3N7S. The summed E-state index contributed by atoms with van der Waals surface area (Å²) in [5.41, 5.74) is 1.48. The summed E-state index contributed by atoms with van der Waals surface area (Å²) in [6.45, 7) is 0. The number of aromatic nitrogens is 3. The van der Waals surface area contributed by atoms with E-state index in [1.807, 2.05) is 36.4 Å². The Hall–Kier alpha value is -6.66. The number of hydrogen-bond donors (Lipinski definition) is 0. The molecule has 2 aromatic heterocycles. The second-order valence-electron chi connectivity index (χ2n) is 10.2. The summed E-state index contributed by atoms with van der Waals surface area (Å²) >= 11 is 0.974. The predicted molar refractivity (Wildman–Crippen MR) is 165 cm³/mol. The SMILES string of the molecule is N#Cc1cc(C#N)cc(-c2cc3c(-c4ccccc4)nc4cc(-c5c(F)c(C#N)c(F)c(C#N)c5F)ccc4c3c3nsnc23)c1. The first-order valence-corrected chi connectivity index (χ1v) is 14.2. The van der Waals surface area contributed by atoms with Crippen molar-refractivity contribution in [1.29, 1.82) is 21.0 Å². The van der Waals surface area contributed by atoms with E-state index in [4.69, 9.17) is 4.98 Å². The molecule has 7 aromatic rings. The molecule has 0 N–H and O–H groups in total. The minimum Gasteiger partial charge on any atom is -0.247 e. The van der Waals surface area contributed by atoms with Gasteiger partial charge in [0, 0.05) is 27.3 Å². The first-order valence-electron chi connectivity index (χ1n) is 13.4. The monoisotopic (exact) mass is 619 g/mol. The standard InChI is InChI=1S/C35H12F3N7S/c36-30-25(15-41)31(37)28(32(38)26(30)16-42)20-6-7-22-27(11-20)43-33(19-4-2-1-3-5-19)24-12-23(34-35(29(22)24)45-46-44-34)21-9-17(13-39)8-18(10-21)14-40/h1-12H. The summed E-state index contributed by atoms with van der Waals surface area (Å²) in [4.78, 5) is 4.92. The van der Waals surface area contributed by atoms with Gasteiger partial charge in [-0.3, -0.25) is 0 Å². The Labute approximate surface area is 262 Å². The van der Waals surface area contributed by atoms with Crippen LogP contribution < -0.4 is 0 Å². The van der Waals surface area contributed by atoms with Gasteiger partial charge in [-0.15, -0.1) is 0 Å². The molecule has 0 radical (unpaired) electrons. The van der Waals surface area contributed by atoms with E-state index in [9.17, 15) is 25.4 Å². The number of pyridine rings is 1. The van der Waals surface area contributed by atoms with Crippen molar-refractivity contribution in [2.45, 2.75) is 0 Å². The molecule has 46 heavy (non-hydrogen) atoms. The average molecular weight is 620 g/mol. The first kappa shape index (κ1) is 28.1. The molecule has 7 rings (SSSR count). The summed E-state index contributed by atoms with van der Waals surface area (Å²) in [5, 5.41) is 39.8. The summed E-state index contributed by atoms with van der Waals surface area (Å²) in [5.74, 6) is -4.41. The highest BCUT2D eigenvalue weighted by atomic mass is 32.1. The molecule has 0 aliphatic heterocycles. The van der Waals surface area contributed by atoms with Gasteiger partial charge in [-0.25, -0.2) is 18.2 Å². The lowest BCUT2D eigenvalue weighted by atomic mass is 9.91. The van der Waals surface area contributed by atoms with Crippen LogP contribution >= 0.6 is 11.7 Å². The van der Waals surface area contributed by atoms with Gasteiger partial charge in [-0.1, -0.05) is 42.5 Å². The fourth-order valence-corrected chi connectivity index (χ4v) is 6.20. The first-order chi connectivity index (χ1) is 22.4. The van der Waals surface area contributed by atoms with Gasteiger partial charge in [0.05, 0.1) is 51.8 Å². The predicted octanol–water partition coefficient (Wildman–Crippen LogP) is 8.30. The Morgan fingerprint density at radius 2 is 1.24 bits per heavy atom. The Balaban J connectivity index is 1.60. The Kier molecular flexibility index (Phi) is 6.61. The van der Waals surface area contributed by atoms with Gasteiger partial charge in [-0.2, -0.15) is 29.8 Å². The van der Waals surface area contributed by atoms with E-state index in [0.717, 1.165) is 17.3 Å². The summed E-state index contributed by atoms with van der Waals surface area (Å²) in [6.07, 6.45) is 0. The molecule has 214 valence electrons. The van der Waals surface area contributed by atoms with E-state index in [1.54, 1.807) is 18.2 Å². The van der Waals surface area contributed by atoms with Crippen molar-refractivity contribution < 1.29 is 13.2 Å². The van der Waals surface area contributed by atoms with Crippen LogP contribution in [0.3, 0.4) is 0 Å². The highest BCUT2D eigenvalue weighted by Gasteiger charge is 2.27. The fourth-order valence-electron chi connectivity index (χ4n) is 5.64. The van der Waals surface area contributed by atoms with Crippen LogP contribution in [0.5, 0.6) is 0 Å². The number of rotatable bonds is 3. The molecular weight excluding hydrogens is 607 g/mol. The number of nitriles is 4. The number of hydrogen-bond acceptors (Lipinski definition) is 8. The molecule has 0 spiro atoms. The third kappa shape index (κ3) is 4.20. The molecule has 0 fully saturated rings. The molecule has 11 heteroatoms. The van der Waals surface area contributed by atoms with Crippen molar-refractivity contribution in [3.8, 4) is 57.8 Å². The lowest BCUT2D eigenvalue weighted by molar-refractivity contribution is 0.539. The lowest BCUT2D eigenvalue weighted by Gasteiger charge is -2.15. The minimum atomic E-state index is -1.56. The van der Waals surface area contributed by atoms with Crippen molar-refractivity contribution in [3.05, 3.63) is 113 Å². The van der Waals surface area contributed by atoms with Gasteiger partial charge in [-0.05, 0) is 41.5 Å². The summed E-state index contributed by atoms with van der Waals surface area (Å²) < 4.78 is 54.5. The minimum absolute atomic E-state index is 0.0528. The molecule has 0 aliphatic carbocycles. The normalized spacial score (nSPS) is 10.8. The quantitative estimate of drug-likeness (QED) is 0.182. The third-order valence-electron chi connectivity index (χ3n) is 7.67. The lowest BCUT2D eigenvalue weighted by Crippen LogP contribution is -2.04. The molecule has 0 bridgehead atoms. The van der Waals surface area contributed by atoms with E-state index < -0.39 is 34.1 Å². The van der Waals surface area contributed by atoms with Crippen LogP contribution in [0, 0.1) is 62.8 Å². The Bertz CT molecular complexity index is 2550. The van der Waals surface area contributed by atoms with Gasteiger partial charge in [0.1, 0.15) is 34.3 Å². The largest absolute Gasteiger partial charge is 0.247 e. The van der Waals surface area contributed by atoms with Gasteiger partial charge in [0.2, 0.25) is 0 Å². The maximum Gasteiger partial charge on any atom is 0.164 e. The second-order valence-corrected chi connectivity index (χ2v) is 10.7. The van der Waals surface area contributed by atoms with Crippen molar-refractivity contribution >= 4 is 44.4 Å². The zero-order valence-electron chi connectivity index (χ0n) is 23.1. The Morgan fingerprint density at radius 3 is 1.87 bits per heavy atom. The number of halogens is 3. The zero-order chi connectivity index (χ0) is 32.1. The van der Waals surface area contributed by atoms with Crippen molar-refractivity contribution in [3.63, 3.8) is 0 Å². The van der Waals surface area contributed by atoms with Crippen LogP contribution in [0.25, 0.3) is 66.2 Å². The van der Waals surface area contributed by atoms with Gasteiger partial charge in [0.15, 0.2) is 17.5 Å². The highest BCUT2D eigenvalue weighted by molar-refractivity contribution is 7.00. The van der Waals surface area contributed by atoms with Crippen LogP contribution in [-0.4, -0.2) is 13.7 Å². The van der Waals surface area contributed by atoms with Gasteiger partial charge >= 0.3 is 0 Å². The van der Waals surface area contributed by atoms with Crippen molar-refractivity contribution in [2.24, 2.45) is 0 Å². The molecule has 0 atom stereocenters. The smallest absolute Gasteiger partial charge is 0.164 e. The van der Waals surface area contributed by atoms with E-state index in [2.05, 4.69) is 20.9 Å². The molecule has 2 heterocycles. The fraction of sp³-hybridized carbons (Fsp3) is 0. The van der Waals surface area contributed by atoms with Crippen LogP contribution in [-0.2, 0) is 0 Å². The topological polar surface area (TPSA) is 134 Å². The maximum absolute atomic E-state index is 15.4. The van der Waals surface area contributed by atoms with Crippen molar-refractivity contribution in [2.75, 3.05) is 0 Å². The van der Waals surface area contributed by atoms with Gasteiger partial charge < -0.3 is 0 Å². The highest BCUT2D eigenvalue weighted by Crippen LogP contribution is 2.42. The number of nitrogens with zero attached hydrogens (tertiary/aromatic N) is 7. The molecule has 5 aromatic carbocycles. The van der Waals surface area contributed by atoms with Crippen LogP contribution in [0.1, 0.15) is 22.3 Å². The third-order valence-corrected chi connectivity index (χ3v) is 8.20. The van der Waals surface area contributed by atoms with E-state index >= 15 is 8.78 Å². The molecule has 0 saturated heterocycles. The number of benzene rings is 5. The average Bonchev–Trinajstić information content (AvgIpc) is 3.58. The number of fused-ring (bicyclic) bond motifs is 5.